The number of rotatable bonds is 6. The van der Waals surface area contributed by atoms with E-state index in [-0.39, 0.29) is 6.61 Å². The number of carbonyl (C=O) groups is 1. The molecule has 0 aromatic heterocycles. The molecule has 4 aromatic rings. The molecule has 242 valence electrons. The van der Waals surface area contributed by atoms with E-state index in [2.05, 4.69) is 36.4 Å². The molecular weight excluding hydrogens is 568 g/mol. The Kier molecular flexibility index (Phi) is 9.36. The van der Waals surface area contributed by atoms with Gasteiger partial charge in [-0.15, -0.1) is 0 Å². The third-order valence-electron chi connectivity index (χ3n) is 12.0. The van der Waals surface area contributed by atoms with Gasteiger partial charge in [0.1, 0.15) is 17.8 Å². The van der Waals surface area contributed by atoms with Gasteiger partial charge in [0.25, 0.3) is 0 Å². The zero-order chi connectivity index (χ0) is 31.4. The zero-order valence-corrected chi connectivity index (χ0v) is 27.4. The van der Waals surface area contributed by atoms with E-state index < -0.39 is 0 Å². The minimum atomic E-state index is 0.0953. The van der Waals surface area contributed by atoms with Crippen LogP contribution in [0.1, 0.15) is 119 Å². The first-order chi connectivity index (χ1) is 22.5. The average Bonchev–Trinajstić information content (AvgIpc) is 3.77. The fourth-order valence-electron chi connectivity index (χ4n) is 9.11. The van der Waals surface area contributed by atoms with Crippen LogP contribution in [0, 0.1) is 10.8 Å². The first kappa shape index (κ1) is 31.2. The normalized spacial score (nSPS) is 22.2. The third-order valence-corrected chi connectivity index (χ3v) is 12.0. The van der Waals surface area contributed by atoms with E-state index in [1.54, 1.807) is 0 Å². The summed E-state index contributed by atoms with van der Waals surface area (Å²) in [5.74, 6) is 1.95. The lowest BCUT2D eigenvalue weighted by molar-refractivity contribution is 0.0825. The van der Waals surface area contributed by atoms with Crippen LogP contribution in [0.15, 0.2) is 72.8 Å². The van der Waals surface area contributed by atoms with Gasteiger partial charge in [-0.2, -0.15) is 0 Å². The Hall–Kier alpha value is -3.37. The number of fused-ring (bicyclic) bond motifs is 2. The molecular formula is C42H50O4. The molecule has 0 radical (unpaired) electrons. The maximum absolute atomic E-state index is 10.9. The largest absolute Gasteiger partial charge is 0.490 e. The second kappa shape index (κ2) is 13.8. The molecule has 0 unspecified atom stereocenters. The summed E-state index contributed by atoms with van der Waals surface area (Å²) in [4.78, 5) is 10.9. The first-order valence-electron chi connectivity index (χ1n) is 18.0. The predicted molar refractivity (Wildman–Crippen MR) is 187 cm³/mol. The Bertz CT molecular complexity index is 1620. The Morgan fingerprint density at radius 1 is 0.565 bits per heavy atom. The molecule has 4 nitrogen and oxygen atoms in total. The summed E-state index contributed by atoms with van der Waals surface area (Å²) < 4.78 is 12.5. The molecule has 46 heavy (non-hydrogen) atoms. The van der Waals surface area contributed by atoms with Crippen LogP contribution in [0.25, 0.3) is 21.5 Å². The molecule has 0 atom stereocenters. The van der Waals surface area contributed by atoms with Crippen molar-refractivity contribution in [2.75, 3.05) is 0 Å². The van der Waals surface area contributed by atoms with Crippen molar-refractivity contribution in [2.45, 2.75) is 122 Å². The van der Waals surface area contributed by atoms with Gasteiger partial charge in [0.15, 0.2) is 0 Å². The Labute approximate surface area is 274 Å². The minimum absolute atomic E-state index is 0.0953. The molecule has 1 N–H and O–H groups in total. The van der Waals surface area contributed by atoms with Gasteiger partial charge in [-0.1, -0.05) is 62.1 Å². The van der Waals surface area contributed by atoms with Gasteiger partial charge < -0.3 is 14.6 Å². The lowest BCUT2D eigenvalue weighted by atomic mass is 9.72. The quantitative estimate of drug-likeness (QED) is 0.218. The summed E-state index contributed by atoms with van der Waals surface area (Å²) in [5, 5.41) is 13.8. The molecule has 0 bridgehead atoms. The van der Waals surface area contributed by atoms with E-state index in [0.29, 0.717) is 23.0 Å². The molecule has 4 fully saturated rings. The molecule has 4 heteroatoms. The number of ether oxygens (including phenoxy) is 2. The molecule has 4 aliphatic carbocycles. The van der Waals surface area contributed by atoms with Gasteiger partial charge in [-0.25, -0.2) is 0 Å². The van der Waals surface area contributed by atoms with Crippen molar-refractivity contribution >= 4 is 27.8 Å². The molecule has 0 saturated heterocycles. The molecule has 4 saturated carbocycles. The topological polar surface area (TPSA) is 55.8 Å². The maximum Gasteiger partial charge on any atom is 0.150 e. The maximum atomic E-state index is 10.9. The van der Waals surface area contributed by atoms with Crippen molar-refractivity contribution in [2.24, 2.45) is 10.8 Å². The van der Waals surface area contributed by atoms with E-state index in [4.69, 9.17) is 9.47 Å². The highest BCUT2D eigenvalue weighted by atomic mass is 16.5. The summed E-state index contributed by atoms with van der Waals surface area (Å²) >= 11 is 0. The Balaban J connectivity index is 0.000000147. The van der Waals surface area contributed by atoms with E-state index in [9.17, 15) is 9.90 Å². The number of hydrogen-bond donors (Lipinski definition) is 1. The second-order valence-electron chi connectivity index (χ2n) is 14.9. The van der Waals surface area contributed by atoms with Crippen LogP contribution >= 0.6 is 0 Å². The smallest absolute Gasteiger partial charge is 0.150 e. The minimum Gasteiger partial charge on any atom is -0.490 e. The van der Waals surface area contributed by atoms with Crippen molar-refractivity contribution < 1.29 is 19.4 Å². The SMILES string of the molecule is O=Cc1ccc2cc(OC3CCC4(CCCC4)CC3)ccc2c1.OCc1ccc2cc(OC3CCC4(CCCC4)CC3)ccc2c1. The fourth-order valence-corrected chi connectivity index (χ4v) is 9.11. The van der Waals surface area contributed by atoms with E-state index in [0.717, 1.165) is 45.1 Å². The van der Waals surface area contributed by atoms with Gasteiger partial charge in [0, 0.05) is 5.56 Å². The highest BCUT2D eigenvalue weighted by Crippen LogP contribution is 2.50. The van der Waals surface area contributed by atoms with Gasteiger partial charge >= 0.3 is 0 Å². The number of hydrogen-bond acceptors (Lipinski definition) is 4. The summed E-state index contributed by atoms with van der Waals surface area (Å²) in [6.45, 7) is 0.0953. The lowest BCUT2D eigenvalue weighted by Crippen LogP contribution is -2.30. The summed E-state index contributed by atoms with van der Waals surface area (Å²) in [7, 11) is 0. The summed E-state index contributed by atoms with van der Waals surface area (Å²) in [5.41, 5.74) is 3.01. The van der Waals surface area contributed by atoms with Crippen molar-refractivity contribution in [1.82, 2.24) is 0 Å². The van der Waals surface area contributed by atoms with Crippen LogP contribution < -0.4 is 9.47 Å². The van der Waals surface area contributed by atoms with Crippen LogP contribution in [0.3, 0.4) is 0 Å². The van der Waals surface area contributed by atoms with Crippen LogP contribution in [0.4, 0.5) is 0 Å². The van der Waals surface area contributed by atoms with Crippen molar-refractivity contribution in [3.05, 3.63) is 83.9 Å². The molecule has 0 heterocycles. The number of aliphatic hydroxyl groups is 1. The lowest BCUT2D eigenvalue weighted by Gasteiger charge is -2.37. The standard InChI is InChI=1S/C21H26O2.C21H24O2/c2*22-15-16-3-4-18-14-20(6-5-17(18)13-16)23-19-7-11-21(12-8-19)9-1-2-10-21/h3-6,13-14,19,22H,1-2,7-12,15H2;3-6,13-15,19H,1-2,7-12H2. The number of aliphatic hydroxyl groups excluding tert-OH is 1. The summed E-state index contributed by atoms with van der Waals surface area (Å²) in [6, 6.07) is 24.4. The fraction of sp³-hybridized carbons (Fsp3) is 0.500. The predicted octanol–water partition coefficient (Wildman–Crippen LogP) is 10.7. The molecule has 4 aliphatic rings. The van der Waals surface area contributed by atoms with Crippen molar-refractivity contribution in [1.29, 1.82) is 0 Å². The van der Waals surface area contributed by atoms with Crippen molar-refractivity contribution in [3.8, 4) is 11.5 Å². The Morgan fingerprint density at radius 3 is 1.48 bits per heavy atom. The van der Waals surface area contributed by atoms with Crippen LogP contribution in [0.2, 0.25) is 0 Å². The van der Waals surface area contributed by atoms with Crippen molar-refractivity contribution in [3.63, 3.8) is 0 Å². The number of carbonyl (C=O) groups excluding carboxylic acids is 1. The molecule has 2 spiro atoms. The van der Waals surface area contributed by atoms with Gasteiger partial charge in [0.05, 0.1) is 18.8 Å². The van der Waals surface area contributed by atoms with Crippen LogP contribution in [-0.2, 0) is 6.61 Å². The Morgan fingerprint density at radius 2 is 1.00 bits per heavy atom. The highest BCUT2D eigenvalue weighted by Gasteiger charge is 2.39. The van der Waals surface area contributed by atoms with E-state index >= 15 is 0 Å². The zero-order valence-electron chi connectivity index (χ0n) is 27.4. The number of aldehydes is 1. The van der Waals surface area contributed by atoms with E-state index in [1.807, 2.05) is 36.4 Å². The third kappa shape index (κ3) is 7.13. The highest BCUT2D eigenvalue weighted by molar-refractivity contribution is 5.89. The van der Waals surface area contributed by atoms with Crippen LogP contribution in [0.5, 0.6) is 11.5 Å². The number of benzene rings is 4. The molecule has 8 rings (SSSR count). The van der Waals surface area contributed by atoms with E-state index in [1.165, 1.54) is 108 Å². The molecule has 4 aromatic carbocycles. The van der Waals surface area contributed by atoms with Gasteiger partial charge in [0.2, 0.25) is 0 Å². The average molecular weight is 619 g/mol. The monoisotopic (exact) mass is 618 g/mol. The summed E-state index contributed by atoms with van der Waals surface area (Å²) in [6.07, 6.45) is 23.4. The van der Waals surface area contributed by atoms with Gasteiger partial charge in [-0.05, 0) is 151 Å². The first-order valence-corrected chi connectivity index (χ1v) is 18.0. The molecule has 0 amide bonds. The van der Waals surface area contributed by atoms with Crippen LogP contribution in [-0.4, -0.2) is 23.6 Å². The molecule has 0 aliphatic heterocycles. The van der Waals surface area contributed by atoms with Gasteiger partial charge in [-0.3, -0.25) is 4.79 Å². The second-order valence-corrected chi connectivity index (χ2v) is 14.9.